The van der Waals surface area contributed by atoms with E-state index < -0.39 is 5.25 Å². The highest BCUT2D eigenvalue weighted by Crippen LogP contribution is 2.30. The molecular weight excluding hydrogens is 476 g/mol. The summed E-state index contributed by atoms with van der Waals surface area (Å²) in [4.78, 5) is 31.5. The Morgan fingerprint density at radius 2 is 1.86 bits per heavy atom. The van der Waals surface area contributed by atoms with Crippen LogP contribution in [0.15, 0.2) is 58.2 Å². The van der Waals surface area contributed by atoms with Gasteiger partial charge in [0.25, 0.3) is 5.22 Å². The third kappa shape index (κ3) is 7.03. The maximum absolute atomic E-state index is 12.6. The number of esters is 1. The number of ether oxygens (including phenoxy) is 2. The molecular formula is C28H34N2O5S. The SMILES string of the molecule is CCOC(=O)C(Cc1ccc(OCCN(C)C(=O)C2CCCCC2)cc1)Sc1nc2ccccc2o1. The maximum atomic E-state index is 12.6. The molecule has 1 aliphatic carbocycles. The summed E-state index contributed by atoms with van der Waals surface area (Å²) in [6, 6.07) is 15.2. The van der Waals surface area contributed by atoms with Gasteiger partial charge in [0, 0.05) is 13.0 Å². The Morgan fingerprint density at radius 3 is 2.58 bits per heavy atom. The molecule has 2 aromatic carbocycles. The number of aromatic nitrogens is 1. The molecule has 36 heavy (non-hydrogen) atoms. The fourth-order valence-electron chi connectivity index (χ4n) is 4.44. The van der Waals surface area contributed by atoms with Crippen molar-refractivity contribution in [2.75, 3.05) is 26.8 Å². The zero-order valence-electron chi connectivity index (χ0n) is 21.0. The molecule has 1 amide bonds. The van der Waals surface area contributed by atoms with Crippen molar-refractivity contribution < 1.29 is 23.5 Å². The maximum Gasteiger partial charge on any atom is 0.319 e. The lowest BCUT2D eigenvalue weighted by atomic mass is 9.88. The molecule has 0 bridgehead atoms. The number of carbonyl (C=O) groups excluding carboxylic acids is 2. The van der Waals surface area contributed by atoms with Gasteiger partial charge in [0.05, 0.1) is 13.2 Å². The Morgan fingerprint density at radius 1 is 1.11 bits per heavy atom. The smallest absolute Gasteiger partial charge is 0.319 e. The molecule has 3 aromatic rings. The summed E-state index contributed by atoms with van der Waals surface area (Å²) in [6.45, 7) is 3.11. The number of oxazole rings is 1. The van der Waals surface area contributed by atoms with Gasteiger partial charge in [-0.05, 0) is 56.0 Å². The van der Waals surface area contributed by atoms with E-state index in [1.807, 2.05) is 55.6 Å². The van der Waals surface area contributed by atoms with E-state index in [0.29, 0.717) is 37.0 Å². The quantitative estimate of drug-likeness (QED) is 0.248. The van der Waals surface area contributed by atoms with E-state index in [9.17, 15) is 9.59 Å². The first-order valence-electron chi connectivity index (χ1n) is 12.7. The minimum Gasteiger partial charge on any atom is -0.492 e. The van der Waals surface area contributed by atoms with Crippen molar-refractivity contribution in [3.8, 4) is 5.75 Å². The Bertz CT molecular complexity index is 1110. The number of rotatable bonds is 11. The molecule has 1 aromatic heterocycles. The second-order valence-electron chi connectivity index (χ2n) is 9.10. The van der Waals surface area contributed by atoms with Gasteiger partial charge in [-0.2, -0.15) is 0 Å². The Balaban J connectivity index is 1.30. The summed E-state index contributed by atoms with van der Waals surface area (Å²) >= 11 is 1.27. The number of fused-ring (bicyclic) bond motifs is 1. The van der Waals surface area contributed by atoms with Gasteiger partial charge in [0.2, 0.25) is 5.91 Å². The van der Waals surface area contributed by atoms with Gasteiger partial charge >= 0.3 is 5.97 Å². The zero-order valence-corrected chi connectivity index (χ0v) is 21.8. The van der Waals surface area contributed by atoms with Crippen LogP contribution in [-0.4, -0.2) is 53.8 Å². The van der Waals surface area contributed by atoms with Gasteiger partial charge < -0.3 is 18.8 Å². The topological polar surface area (TPSA) is 81.9 Å². The molecule has 1 unspecified atom stereocenters. The highest BCUT2D eigenvalue weighted by Gasteiger charge is 2.25. The van der Waals surface area contributed by atoms with Gasteiger partial charge in [-0.15, -0.1) is 0 Å². The number of para-hydroxylation sites is 2. The summed E-state index contributed by atoms with van der Waals surface area (Å²) in [6.07, 6.45) is 6.02. The van der Waals surface area contributed by atoms with Crippen LogP contribution in [0.1, 0.15) is 44.6 Å². The summed E-state index contributed by atoms with van der Waals surface area (Å²) < 4.78 is 17.0. The monoisotopic (exact) mass is 510 g/mol. The van der Waals surface area contributed by atoms with Gasteiger partial charge in [-0.3, -0.25) is 9.59 Å². The number of thioether (sulfide) groups is 1. The van der Waals surface area contributed by atoms with Gasteiger partial charge in [0.1, 0.15) is 23.1 Å². The van der Waals surface area contributed by atoms with E-state index in [2.05, 4.69) is 4.98 Å². The van der Waals surface area contributed by atoms with Crippen LogP contribution in [0.2, 0.25) is 0 Å². The van der Waals surface area contributed by atoms with Crippen LogP contribution in [0.3, 0.4) is 0 Å². The average molecular weight is 511 g/mol. The first kappa shape index (κ1) is 26.1. The van der Waals surface area contributed by atoms with Crippen molar-refractivity contribution in [3.63, 3.8) is 0 Å². The third-order valence-electron chi connectivity index (χ3n) is 6.44. The zero-order chi connectivity index (χ0) is 25.3. The molecule has 1 fully saturated rings. The molecule has 0 saturated heterocycles. The lowest BCUT2D eigenvalue weighted by molar-refractivity contribution is -0.142. The summed E-state index contributed by atoms with van der Waals surface area (Å²) in [5, 5.41) is -0.0367. The number of nitrogens with zero attached hydrogens (tertiary/aromatic N) is 2. The molecule has 0 aliphatic heterocycles. The molecule has 1 heterocycles. The number of benzene rings is 2. The van der Waals surface area contributed by atoms with Crippen molar-refractivity contribution in [2.24, 2.45) is 5.92 Å². The van der Waals surface area contributed by atoms with Crippen LogP contribution in [0.4, 0.5) is 0 Å². The van der Waals surface area contributed by atoms with E-state index >= 15 is 0 Å². The average Bonchev–Trinajstić information content (AvgIpc) is 3.32. The van der Waals surface area contributed by atoms with E-state index in [0.717, 1.165) is 42.5 Å². The van der Waals surface area contributed by atoms with Gasteiger partial charge in [-0.1, -0.05) is 55.3 Å². The van der Waals surface area contributed by atoms with Crippen molar-refractivity contribution in [3.05, 3.63) is 54.1 Å². The molecule has 192 valence electrons. The second-order valence-corrected chi connectivity index (χ2v) is 10.3. The summed E-state index contributed by atoms with van der Waals surface area (Å²) in [5.41, 5.74) is 2.43. The predicted octanol–water partition coefficient (Wildman–Crippen LogP) is 5.51. The Kier molecular flexibility index (Phi) is 9.28. The van der Waals surface area contributed by atoms with Crippen LogP contribution >= 0.6 is 11.8 Å². The van der Waals surface area contributed by atoms with Crippen molar-refractivity contribution in [2.45, 2.75) is 55.9 Å². The van der Waals surface area contributed by atoms with Crippen molar-refractivity contribution in [1.29, 1.82) is 0 Å². The standard InChI is InChI=1S/C28H34N2O5S/c1-3-33-27(32)25(36-28-29-23-11-7-8-12-24(23)35-28)19-20-13-15-22(16-14-20)34-18-17-30(2)26(31)21-9-5-4-6-10-21/h7-8,11-16,21,25H,3-6,9-10,17-19H2,1-2H3. The normalized spacial score (nSPS) is 14.9. The van der Waals surface area contributed by atoms with E-state index in [1.54, 1.807) is 11.8 Å². The van der Waals surface area contributed by atoms with Gasteiger partial charge in [0.15, 0.2) is 5.58 Å². The number of amides is 1. The fraction of sp³-hybridized carbons (Fsp3) is 0.464. The number of carbonyl (C=O) groups is 2. The summed E-state index contributed by atoms with van der Waals surface area (Å²) in [5.74, 6) is 0.838. The van der Waals surface area contributed by atoms with Crippen molar-refractivity contribution >= 4 is 34.7 Å². The number of hydrogen-bond donors (Lipinski definition) is 0. The van der Waals surface area contributed by atoms with Crippen LogP contribution in [0, 0.1) is 5.92 Å². The molecule has 0 radical (unpaired) electrons. The predicted molar refractivity (Wildman–Crippen MR) is 140 cm³/mol. The molecule has 8 heteroatoms. The van der Waals surface area contributed by atoms with Crippen LogP contribution in [-0.2, 0) is 20.7 Å². The molecule has 7 nitrogen and oxygen atoms in total. The van der Waals surface area contributed by atoms with Gasteiger partial charge in [-0.25, -0.2) is 4.98 Å². The highest BCUT2D eigenvalue weighted by atomic mass is 32.2. The molecule has 0 spiro atoms. The Labute approximate surface area is 216 Å². The molecule has 1 aliphatic rings. The summed E-state index contributed by atoms with van der Waals surface area (Å²) in [7, 11) is 1.85. The lowest BCUT2D eigenvalue weighted by Gasteiger charge is -2.26. The second kappa shape index (κ2) is 12.8. The largest absolute Gasteiger partial charge is 0.492 e. The van der Waals surface area contributed by atoms with Crippen LogP contribution in [0.5, 0.6) is 5.75 Å². The Hall–Kier alpha value is -3.00. The van der Waals surface area contributed by atoms with Crippen molar-refractivity contribution in [1.82, 2.24) is 9.88 Å². The van der Waals surface area contributed by atoms with E-state index in [-0.39, 0.29) is 17.8 Å². The third-order valence-corrected chi connectivity index (χ3v) is 7.46. The fourth-order valence-corrected chi connectivity index (χ4v) is 5.41. The molecule has 1 atom stereocenters. The lowest BCUT2D eigenvalue weighted by Crippen LogP contribution is -2.36. The van der Waals surface area contributed by atoms with E-state index in [1.165, 1.54) is 18.2 Å². The number of hydrogen-bond acceptors (Lipinski definition) is 7. The minimum absolute atomic E-state index is 0.169. The number of likely N-dealkylation sites (N-methyl/N-ethyl adjacent to an activating group) is 1. The highest BCUT2D eigenvalue weighted by molar-refractivity contribution is 8.00. The van der Waals surface area contributed by atoms with Crippen LogP contribution in [0.25, 0.3) is 11.1 Å². The van der Waals surface area contributed by atoms with E-state index in [4.69, 9.17) is 13.9 Å². The first-order chi connectivity index (χ1) is 17.5. The van der Waals surface area contributed by atoms with Crippen LogP contribution < -0.4 is 4.74 Å². The minimum atomic E-state index is -0.482. The molecule has 1 saturated carbocycles. The first-order valence-corrected chi connectivity index (χ1v) is 13.6. The molecule has 4 rings (SSSR count). The molecule has 0 N–H and O–H groups in total.